The first-order valence-electron chi connectivity index (χ1n) is 7.90. The van der Waals surface area contributed by atoms with E-state index in [1.807, 2.05) is 11.4 Å². The lowest BCUT2D eigenvalue weighted by Crippen LogP contribution is -2.50. The number of hydrogen-bond donors (Lipinski definition) is 3. The minimum atomic E-state index is -4.49. The summed E-state index contributed by atoms with van der Waals surface area (Å²) in [7, 11) is 0. The van der Waals surface area contributed by atoms with E-state index in [4.69, 9.17) is 0 Å². The summed E-state index contributed by atoms with van der Waals surface area (Å²) in [4.78, 5) is 31.6. The molecule has 142 valence electrons. The van der Waals surface area contributed by atoms with Gasteiger partial charge in [-0.1, -0.05) is 0 Å². The van der Waals surface area contributed by atoms with E-state index in [1.165, 1.54) is 20.2 Å². The average molecular weight is 379 g/mol. The summed E-state index contributed by atoms with van der Waals surface area (Å²) < 4.78 is 36.9. The summed E-state index contributed by atoms with van der Waals surface area (Å²) in [5, 5.41) is 5.38. The molecule has 0 atom stereocenters. The zero-order valence-electron chi connectivity index (χ0n) is 14.4. The molecule has 0 aliphatic carbocycles. The van der Waals surface area contributed by atoms with E-state index in [2.05, 4.69) is 30.2 Å². The van der Waals surface area contributed by atoms with Crippen molar-refractivity contribution in [1.82, 2.24) is 30.2 Å². The van der Waals surface area contributed by atoms with Crippen LogP contribution >= 0.6 is 0 Å². The molecule has 1 amide bonds. The standard InChI is InChI=1S/C16H16F3N7O/c1-15(2,13(27)22-7-16(17,18)19)26-14-24-8-23-12(25-14)10-6-21-11-9(10)4-3-5-20-11/h3-6,8H,7H2,1-2H3,(H,20,21)(H,22,27)(H,23,24,25,26). The van der Waals surface area contributed by atoms with E-state index in [0.29, 0.717) is 17.0 Å². The minimum absolute atomic E-state index is 0.0606. The molecule has 0 saturated heterocycles. The molecule has 8 nitrogen and oxygen atoms in total. The number of nitrogens with one attached hydrogen (secondary N) is 3. The molecule has 3 rings (SSSR count). The van der Waals surface area contributed by atoms with Crippen molar-refractivity contribution in [2.45, 2.75) is 25.6 Å². The van der Waals surface area contributed by atoms with E-state index in [1.54, 1.807) is 18.5 Å². The second kappa shape index (κ2) is 6.82. The molecule has 0 aromatic carbocycles. The third kappa shape index (κ3) is 4.30. The smallest absolute Gasteiger partial charge is 0.345 e. The number of nitrogens with zero attached hydrogens (tertiary/aromatic N) is 4. The number of aromatic nitrogens is 5. The van der Waals surface area contributed by atoms with Gasteiger partial charge in [0, 0.05) is 23.3 Å². The van der Waals surface area contributed by atoms with Crippen molar-refractivity contribution < 1.29 is 18.0 Å². The summed E-state index contributed by atoms with van der Waals surface area (Å²) in [6.45, 7) is 1.44. The first-order valence-corrected chi connectivity index (χ1v) is 7.90. The minimum Gasteiger partial charge on any atom is -0.345 e. The van der Waals surface area contributed by atoms with Gasteiger partial charge in [0.05, 0.1) is 0 Å². The first-order chi connectivity index (χ1) is 12.7. The number of aromatic amines is 1. The fourth-order valence-corrected chi connectivity index (χ4v) is 2.36. The zero-order chi connectivity index (χ0) is 19.7. The number of carbonyl (C=O) groups excluding carboxylic acids is 1. The van der Waals surface area contributed by atoms with Gasteiger partial charge in [0.25, 0.3) is 0 Å². The Morgan fingerprint density at radius 3 is 2.74 bits per heavy atom. The number of pyridine rings is 1. The average Bonchev–Trinajstić information content (AvgIpc) is 3.03. The molecule has 0 unspecified atom stereocenters. The van der Waals surface area contributed by atoms with Gasteiger partial charge < -0.3 is 15.6 Å². The SMILES string of the molecule is CC(C)(Nc1ncnc(-c2c[nH]c3ncccc23)n1)C(=O)NCC(F)(F)F. The molecule has 3 heterocycles. The van der Waals surface area contributed by atoms with Crippen LogP contribution in [0.1, 0.15) is 13.8 Å². The first kappa shape index (κ1) is 18.5. The number of H-pyrrole nitrogens is 1. The molecule has 0 bridgehead atoms. The van der Waals surface area contributed by atoms with Gasteiger partial charge in [-0.2, -0.15) is 18.2 Å². The predicted octanol–water partition coefficient (Wildman–Crippen LogP) is 2.28. The van der Waals surface area contributed by atoms with Crippen LogP contribution < -0.4 is 10.6 Å². The van der Waals surface area contributed by atoms with Gasteiger partial charge in [-0.25, -0.2) is 15.0 Å². The number of anilines is 1. The molecule has 0 fully saturated rings. The van der Waals surface area contributed by atoms with Gasteiger partial charge in [-0.05, 0) is 26.0 Å². The van der Waals surface area contributed by atoms with Gasteiger partial charge in [-0.3, -0.25) is 4.79 Å². The van der Waals surface area contributed by atoms with E-state index in [9.17, 15) is 18.0 Å². The second-order valence-corrected chi connectivity index (χ2v) is 6.28. The molecule has 0 aliphatic heterocycles. The van der Waals surface area contributed by atoms with Crippen LogP contribution in [-0.2, 0) is 4.79 Å². The van der Waals surface area contributed by atoms with Gasteiger partial charge in [0.2, 0.25) is 11.9 Å². The van der Waals surface area contributed by atoms with Crippen LogP contribution in [0.2, 0.25) is 0 Å². The topological polar surface area (TPSA) is 108 Å². The van der Waals surface area contributed by atoms with Crippen molar-refractivity contribution in [2.24, 2.45) is 0 Å². The van der Waals surface area contributed by atoms with Gasteiger partial charge in [0.15, 0.2) is 5.82 Å². The summed E-state index contributed by atoms with van der Waals surface area (Å²) in [5.41, 5.74) is -0.0248. The Bertz CT molecular complexity index is 968. The lowest BCUT2D eigenvalue weighted by Gasteiger charge is -2.25. The Hall–Kier alpha value is -3.24. The van der Waals surface area contributed by atoms with Crippen LogP contribution in [0.3, 0.4) is 0 Å². The molecule has 0 saturated carbocycles. The van der Waals surface area contributed by atoms with Crippen molar-refractivity contribution >= 4 is 22.9 Å². The van der Waals surface area contributed by atoms with Crippen molar-refractivity contribution in [2.75, 3.05) is 11.9 Å². The van der Waals surface area contributed by atoms with Crippen LogP contribution in [0, 0.1) is 0 Å². The maximum Gasteiger partial charge on any atom is 0.405 e. The molecular weight excluding hydrogens is 363 g/mol. The maximum absolute atomic E-state index is 12.3. The van der Waals surface area contributed by atoms with E-state index < -0.39 is 24.2 Å². The van der Waals surface area contributed by atoms with Gasteiger partial charge in [-0.15, -0.1) is 0 Å². The molecule has 3 aromatic rings. The zero-order valence-corrected chi connectivity index (χ0v) is 14.4. The fourth-order valence-electron chi connectivity index (χ4n) is 2.36. The molecule has 11 heteroatoms. The van der Waals surface area contributed by atoms with Crippen molar-refractivity contribution in [3.05, 3.63) is 30.9 Å². The quantitative estimate of drug-likeness (QED) is 0.628. The van der Waals surface area contributed by atoms with E-state index in [0.717, 1.165) is 5.39 Å². The number of amides is 1. The molecule has 27 heavy (non-hydrogen) atoms. The molecule has 0 radical (unpaired) electrons. The number of hydrogen-bond acceptors (Lipinski definition) is 6. The second-order valence-electron chi connectivity index (χ2n) is 6.28. The molecule has 3 N–H and O–H groups in total. The molecule has 3 aromatic heterocycles. The lowest BCUT2D eigenvalue weighted by molar-refractivity contribution is -0.140. The summed E-state index contributed by atoms with van der Waals surface area (Å²) in [6.07, 6.45) is 0.0993. The van der Waals surface area contributed by atoms with Crippen LogP contribution in [0.15, 0.2) is 30.9 Å². The summed E-state index contributed by atoms with van der Waals surface area (Å²) >= 11 is 0. The largest absolute Gasteiger partial charge is 0.405 e. The number of rotatable bonds is 5. The Morgan fingerprint density at radius 1 is 1.22 bits per heavy atom. The van der Waals surface area contributed by atoms with Crippen molar-refractivity contribution in [1.29, 1.82) is 0 Å². The maximum atomic E-state index is 12.3. The van der Waals surface area contributed by atoms with E-state index >= 15 is 0 Å². The highest BCUT2D eigenvalue weighted by atomic mass is 19.4. The van der Waals surface area contributed by atoms with Crippen LogP contribution in [0.5, 0.6) is 0 Å². The van der Waals surface area contributed by atoms with Crippen LogP contribution in [0.4, 0.5) is 19.1 Å². The van der Waals surface area contributed by atoms with Gasteiger partial charge in [0.1, 0.15) is 24.1 Å². The normalized spacial score (nSPS) is 12.2. The van der Waals surface area contributed by atoms with Crippen molar-refractivity contribution in [3.8, 4) is 11.4 Å². The number of carbonyl (C=O) groups is 1. The third-order valence-electron chi connectivity index (χ3n) is 3.71. The molecular formula is C16H16F3N7O. The van der Waals surface area contributed by atoms with Crippen LogP contribution in [0.25, 0.3) is 22.4 Å². The predicted molar refractivity (Wildman–Crippen MR) is 91.7 cm³/mol. The summed E-state index contributed by atoms with van der Waals surface area (Å²) in [6, 6.07) is 3.62. The Labute approximate surface area is 151 Å². The van der Waals surface area contributed by atoms with Crippen molar-refractivity contribution in [3.63, 3.8) is 0 Å². The van der Waals surface area contributed by atoms with Gasteiger partial charge >= 0.3 is 6.18 Å². The monoisotopic (exact) mass is 379 g/mol. The highest BCUT2D eigenvalue weighted by Gasteiger charge is 2.33. The number of alkyl halides is 3. The highest BCUT2D eigenvalue weighted by Crippen LogP contribution is 2.25. The molecule has 0 aliphatic rings. The Balaban J connectivity index is 1.80. The van der Waals surface area contributed by atoms with E-state index in [-0.39, 0.29) is 5.95 Å². The Morgan fingerprint density at radius 2 is 2.00 bits per heavy atom. The summed E-state index contributed by atoms with van der Waals surface area (Å²) in [5.74, 6) is -0.443. The lowest BCUT2D eigenvalue weighted by atomic mass is 10.1. The highest BCUT2D eigenvalue weighted by molar-refractivity contribution is 5.91. The molecule has 0 spiro atoms. The third-order valence-corrected chi connectivity index (χ3v) is 3.71. The number of fused-ring (bicyclic) bond motifs is 1. The Kier molecular flexibility index (Phi) is 4.68. The fraction of sp³-hybridized carbons (Fsp3) is 0.312. The van der Waals surface area contributed by atoms with Crippen LogP contribution in [-0.4, -0.2) is 49.1 Å². The number of halogens is 3.